The van der Waals surface area contributed by atoms with E-state index >= 15 is 0 Å². The topological polar surface area (TPSA) is 21.7 Å². The first-order chi connectivity index (χ1) is 8.83. The summed E-state index contributed by atoms with van der Waals surface area (Å²) in [5, 5.41) is 1.03. The predicted octanol–water partition coefficient (Wildman–Crippen LogP) is 2.93. The maximum atomic E-state index is 5.75. The number of hydrogen-bond donors (Lipinski definition) is 0. The Labute approximate surface area is 117 Å². The van der Waals surface area contributed by atoms with Gasteiger partial charge in [0.25, 0.3) is 0 Å². The lowest BCUT2D eigenvalue weighted by Crippen LogP contribution is -2.32. The van der Waals surface area contributed by atoms with Gasteiger partial charge in [0.2, 0.25) is 0 Å². The van der Waals surface area contributed by atoms with E-state index in [-0.39, 0.29) is 0 Å². The maximum Gasteiger partial charge on any atom is 0.119 e. The van der Waals surface area contributed by atoms with Crippen molar-refractivity contribution in [2.75, 3.05) is 32.1 Å². The van der Waals surface area contributed by atoms with Gasteiger partial charge in [-0.15, -0.1) is 0 Å². The van der Waals surface area contributed by atoms with Crippen molar-refractivity contribution in [2.24, 2.45) is 0 Å². The molecule has 0 unspecified atom stereocenters. The summed E-state index contributed by atoms with van der Waals surface area (Å²) in [5.41, 5.74) is 0. The predicted molar refractivity (Wildman–Crippen MR) is 76.9 cm³/mol. The molecule has 2 rings (SSSR count). The molecular formula is C14H20BrNO2. The highest BCUT2D eigenvalue weighted by molar-refractivity contribution is 9.09. The molecule has 0 amide bonds. The number of nitrogens with zero attached hydrogens (tertiary/aromatic N) is 1. The van der Waals surface area contributed by atoms with Crippen molar-refractivity contribution in [2.45, 2.75) is 18.9 Å². The number of benzene rings is 1. The Balaban J connectivity index is 1.72. The molecule has 1 aliphatic carbocycles. The second-order valence-corrected chi connectivity index (χ2v) is 5.27. The van der Waals surface area contributed by atoms with Crippen LogP contribution in [0.15, 0.2) is 24.3 Å². The minimum absolute atomic E-state index is 0.746. The second-order valence-electron chi connectivity index (χ2n) is 4.48. The summed E-state index contributed by atoms with van der Waals surface area (Å²) in [6.07, 6.45) is 2.69. The molecule has 0 saturated heterocycles. The highest BCUT2D eigenvalue weighted by atomic mass is 79.9. The number of rotatable bonds is 8. The Morgan fingerprint density at radius 2 is 1.83 bits per heavy atom. The van der Waals surface area contributed by atoms with Crippen LogP contribution >= 0.6 is 15.9 Å². The quantitative estimate of drug-likeness (QED) is 0.689. The monoisotopic (exact) mass is 313 g/mol. The summed E-state index contributed by atoms with van der Waals surface area (Å²) in [7, 11) is 1.67. The highest BCUT2D eigenvalue weighted by Crippen LogP contribution is 2.26. The maximum absolute atomic E-state index is 5.75. The van der Waals surface area contributed by atoms with E-state index in [2.05, 4.69) is 20.8 Å². The zero-order valence-electron chi connectivity index (χ0n) is 10.8. The lowest BCUT2D eigenvalue weighted by Gasteiger charge is -2.20. The fourth-order valence-corrected chi connectivity index (χ4v) is 2.43. The summed E-state index contributed by atoms with van der Waals surface area (Å²) in [5.74, 6) is 1.77. The van der Waals surface area contributed by atoms with Crippen molar-refractivity contribution < 1.29 is 9.47 Å². The van der Waals surface area contributed by atoms with Crippen LogP contribution in [-0.4, -0.2) is 43.1 Å². The van der Waals surface area contributed by atoms with Crippen molar-refractivity contribution in [3.05, 3.63) is 24.3 Å². The van der Waals surface area contributed by atoms with Crippen molar-refractivity contribution >= 4 is 15.9 Å². The summed E-state index contributed by atoms with van der Waals surface area (Å²) in [4.78, 5) is 2.50. The van der Waals surface area contributed by atoms with Crippen LogP contribution in [0.4, 0.5) is 0 Å². The minimum Gasteiger partial charge on any atom is -0.497 e. The molecule has 0 atom stereocenters. The Morgan fingerprint density at radius 3 is 2.39 bits per heavy atom. The first-order valence-corrected chi connectivity index (χ1v) is 7.52. The molecule has 0 spiro atoms. The van der Waals surface area contributed by atoms with E-state index in [1.807, 2.05) is 24.3 Å². The van der Waals surface area contributed by atoms with Crippen LogP contribution in [0.1, 0.15) is 12.8 Å². The fraction of sp³-hybridized carbons (Fsp3) is 0.571. The lowest BCUT2D eigenvalue weighted by molar-refractivity contribution is 0.210. The number of alkyl halides is 1. The average molecular weight is 314 g/mol. The van der Waals surface area contributed by atoms with Crippen molar-refractivity contribution in [1.82, 2.24) is 4.90 Å². The molecule has 1 aromatic carbocycles. The Kier molecular flexibility index (Phi) is 5.32. The molecule has 1 aromatic rings. The van der Waals surface area contributed by atoms with Gasteiger partial charge in [0.05, 0.1) is 7.11 Å². The van der Waals surface area contributed by atoms with E-state index in [1.165, 1.54) is 12.8 Å². The molecule has 0 aliphatic heterocycles. The third kappa shape index (κ3) is 4.18. The molecule has 100 valence electrons. The molecule has 0 N–H and O–H groups in total. The molecule has 0 radical (unpaired) electrons. The van der Waals surface area contributed by atoms with E-state index in [4.69, 9.17) is 9.47 Å². The molecular weight excluding hydrogens is 294 g/mol. The normalized spacial score (nSPS) is 14.8. The molecule has 1 saturated carbocycles. The van der Waals surface area contributed by atoms with Gasteiger partial charge < -0.3 is 9.47 Å². The van der Waals surface area contributed by atoms with Crippen molar-refractivity contribution in [1.29, 1.82) is 0 Å². The molecule has 18 heavy (non-hydrogen) atoms. The average Bonchev–Trinajstić information content (AvgIpc) is 3.23. The van der Waals surface area contributed by atoms with Gasteiger partial charge >= 0.3 is 0 Å². The molecule has 1 fully saturated rings. The number of methoxy groups -OCH3 is 1. The van der Waals surface area contributed by atoms with Crippen LogP contribution in [0, 0.1) is 0 Å². The largest absolute Gasteiger partial charge is 0.497 e. The standard InChI is InChI=1S/C14H20BrNO2/c1-17-13-4-6-14(7-5-13)18-11-10-16(9-8-15)12-2-3-12/h4-7,12H,2-3,8-11H2,1H3. The molecule has 0 aromatic heterocycles. The van der Waals surface area contributed by atoms with Gasteiger partial charge in [-0.25, -0.2) is 0 Å². The number of ether oxygens (including phenoxy) is 2. The molecule has 0 heterocycles. The van der Waals surface area contributed by atoms with Gasteiger partial charge in [0, 0.05) is 24.5 Å². The van der Waals surface area contributed by atoms with Crippen LogP contribution in [0.5, 0.6) is 11.5 Å². The molecule has 3 nitrogen and oxygen atoms in total. The van der Waals surface area contributed by atoms with E-state index in [0.717, 1.165) is 42.6 Å². The van der Waals surface area contributed by atoms with Gasteiger partial charge in [-0.1, -0.05) is 15.9 Å². The van der Waals surface area contributed by atoms with Crippen LogP contribution in [-0.2, 0) is 0 Å². The van der Waals surface area contributed by atoms with Gasteiger partial charge in [-0.3, -0.25) is 4.90 Å². The smallest absolute Gasteiger partial charge is 0.119 e. The Hall–Kier alpha value is -0.740. The lowest BCUT2D eigenvalue weighted by atomic mass is 10.3. The zero-order chi connectivity index (χ0) is 12.8. The van der Waals surface area contributed by atoms with E-state index in [9.17, 15) is 0 Å². The van der Waals surface area contributed by atoms with Crippen molar-refractivity contribution in [3.63, 3.8) is 0 Å². The van der Waals surface area contributed by atoms with Gasteiger partial charge in [0.1, 0.15) is 18.1 Å². The second kappa shape index (κ2) is 7.00. The molecule has 0 bridgehead atoms. The Morgan fingerprint density at radius 1 is 1.17 bits per heavy atom. The van der Waals surface area contributed by atoms with E-state index < -0.39 is 0 Å². The summed E-state index contributed by atoms with van der Waals surface area (Å²) >= 11 is 3.50. The third-order valence-corrected chi connectivity index (χ3v) is 3.50. The third-order valence-electron chi connectivity index (χ3n) is 3.14. The first-order valence-electron chi connectivity index (χ1n) is 6.40. The van der Waals surface area contributed by atoms with Crippen LogP contribution < -0.4 is 9.47 Å². The number of hydrogen-bond acceptors (Lipinski definition) is 3. The summed E-state index contributed by atoms with van der Waals surface area (Å²) in [6.45, 7) is 2.86. The first kappa shape index (κ1) is 13.7. The minimum atomic E-state index is 0.746. The molecule has 4 heteroatoms. The highest BCUT2D eigenvalue weighted by Gasteiger charge is 2.27. The van der Waals surface area contributed by atoms with Crippen LogP contribution in [0.2, 0.25) is 0 Å². The van der Waals surface area contributed by atoms with E-state index in [0.29, 0.717) is 0 Å². The fourth-order valence-electron chi connectivity index (χ4n) is 1.98. The van der Waals surface area contributed by atoms with Crippen LogP contribution in [0.3, 0.4) is 0 Å². The van der Waals surface area contributed by atoms with Gasteiger partial charge in [0.15, 0.2) is 0 Å². The van der Waals surface area contributed by atoms with E-state index in [1.54, 1.807) is 7.11 Å². The molecule has 1 aliphatic rings. The zero-order valence-corrected chi connectivity index (χ0v) is 12.4. The van der Waals surface area contributed by atoms with Gasteiger partial charge in [-0.2, -0.15) is 0 Å². The summed E-state index contributed by atoms with van der Waals surface area (Å²) < 4.78 is 10.9. The number of halogens is 1. The summed E-state index contributed by atoms with van der Waals surface area (Å²) in [6, 6.07) is 8.54. The van der Waals surface area contributed by atoms with Gasteiger partial charge in [-0.05, 0) is 37.1 Å². The van der Waals surface area contributed by atoms with Crippen LogP contribution in [0.25, 0.3) is 0 Å². The van der Waals surface area contributed by atoms with Crippen molar-refractivity contribution in [3.8, 4) is 11.5 Å². The Bertz CT molecular complexity index is 351. The SMILES string of the molecule is COc1ccc(OCCN(CCBr)C2CC2)cc1.